The van der Waals surface area contributed by atoms with Crippen LogP contribution in [0.2, 0.25) is 0 Å². The Morgan fingerprint density at radius 3 is 2.36 bits per heavy atom. The average Bonchev–Trinajstić information content (AvgIpc) is 3.88. The van der Waals surface area contributed by atoms with Crippen LogP contribution in [0.5, 0.6) is 0 Å². The van der Waals surface area contributed by atoms with Gasteiger partial charge in [-0.25, -0.2) is 5.01 Å². The fourth-order valence-electron chi connectivity index (χ4n) is 8.09. The van der Waals surface area contributed by atoms with Gasteiger partial charge in [0.15, 0.2) is 5.82 Å². The predicted octanol–water partition coefficient (Wildman–Crippen LogP) is 0.165. The normalized spacial score (nSPS) is 30.4. The number of anilines is 1. The molecule has 12 nitrogen and oxygen atoms in total. The van der Waals surface area contributed by atoms with Crippen LogP contribution in [0, 0.1) is 0 Å². The average molecular weight is 578 g/mol. The van der Waals surface area contributed by atoms with Crippen LogP contribution in [0.15, 0.2) is 40.8 Å². The van der Waals surface area contributed by atoms with Crippen molar-refractivity contribution in [3.8, 4) is 0 Å². The van der Waals surface area contributed by atoms with Gasteiger partial charge in [0.2, 0.25) is 5.79 Å². The molecule has 0 amide bonds. The molecule has 0 aromatic heterocycles. The summed E-state index contributed by atoms with van der Waals surface area (Å²) in [5, 5.41) is 17.9. The summed E-state index contributed by atoms with van der Waals surface area (Å²) in [6.45, 7) is 14.9. The molecule has 0 spiro atoms. The van der Waals surface area contributed by atoms with E-state index >= 15 is 0 Å². The molecule has 0 bridgehead atoms. The predicted molar refractivity (Wildman–Crippen MR) is 163 cm³/mol. The van der Waals surface area contributed by atoms with Crippen LogP contribution in [0.4, 0.5) is 5.69 Å². The SMILES string of the molecule is C1=NCCN1C1(N2CCCCC2)C(N2CCNC2)=C(N2CCc3ccccc32)N(N2CCOCC2)N1N1CCNCC1. The second kappa shape index (κ2) is 11.6. The number of aliphatic imine (C=N–C) groups is 1. The Bertz CT molecular complexity index is 1170. The highest BCUT2D eigenvalue weighted by Crippen LogP contribution is 2.50. The number of likely N-dealkylation sites (tertiary alicyclic amines) is 1. The van der Waals surface area contributed by atoms with Crippen LogP contribution in [0.3, 0.4) is 0 Å². The van der Waals surface area contributed by atoms with E-state index in [-0.39, 0.29) is 0 Å². The smallest absolute Gasteiger partial charge is 0.230 e. The van der Waals surface area contributed by atoms with E-state index < -0.39 is 5.79 Å². The zero-order valence-corrected chi connectivity index (χ0v) is 25.0. The zero-order valence-electron chi connectivity index (χ0n) is 25.0. The maximum atomic E-state index is 5.95. The molecule has 7 aliphatic rings. The Morgan fingerprint density at radius 2 is 1.60 bits per heavy atom. The van der Waals surface area contributed by atoms with E-state index in [0.29, 0.717) is 0 Å². The Hall–Kier alpha value is -2.45. The number of nitrogens with zero attached hydrogens (tertiary/aromatic N) is 9. The highest BCUT2D eigenvalue weighted by molar-refractivity contribution is 5.65. The molecule has 1 atom stereocenters. The van der Waals surface area contributed by atoms with Crippen LogP contribution < -0.4 is 15.5 Å². The molecule has 228 valence electrons. The van der Waals surface area contributed by atoms with E-state index in [0.717, 1.165) is 111 Å². The molecule has 1 aromatic rings. The lowest BCUT2D eigenvalue weighted by Gasteiger charge is -2.59. The number of para-hydroxylation sites is 1. The first-order chi connectivity index (χ1) is 20.9. The minimum atomic E-state index is -0.505. The molecule has 0 saturated carbocycles. The van der Waals surface area contributed by atoms with E-state index in [4.69, 9.17) is 9.73 Å². The van der Waals surface area contributed by atoms with Crippen molar-refractivity contribution in [2.75, 3.05) is 110 Å². The second-order valence-electron chi connectivity index (χ2n) is 12.4. The number of piperidine rings is 1. The Kier molecular flexibility index (Phi) is 7.47. The molecule has 7 heterocycles. The van der Waals surface area contributed by atoms with Crippen LogP contribution in [-0.2, 0) is 11.2 Å². The van der Waals surface area contributed by atoms with Crippen LogP contribution in [0.25, 0.3) is 0 Å². The number of piperazine rings is 1. The topological polar surface area (TPSA) is 71.6 Å². The monoisotopic (exact) mass is 577 g/mol. The van der Waals surface area contributed by atoms with Gasteiger partial charge in [0.25, 0.3) is 0 Å². The van der Waals surface area contributed by atoms with Gasteiger partial charge in [-0.3, -0.25) is 15.2 Å². The number of hydrazine groups is 3. The summed E-state index contributed by atoms with van der Waals surface area (Å²) in [6, 6.07) is 9.06. The summed E-state index contributed by atoms with van der Waals surface area (Å²) in [7, 11) is 0. The number of hydrogen-bond acceptors (Lipinski definition) is 12. The van der Waals surface area contributed by atoms with E-state index in [2.05, 4.69) is 81.1 Å². The molecule has 2 N–H and O–H groups in total. The van der Waals surface area contributed by atoms with E-state index in [1.165, 1.54) is 42.0 Å². The van der Waals surface area contributed by atoms with Gasteiger partial charge in [-0.1, -0.05) is 29.7 Å². The number of hydrogen-bond donors (Lipinski definition) is 2. The van der Waals surface area contributed by atoms with Crippen LogP contribution >= 0.6 is 0 Å². The third-order valence-corrected chi connectivity index (χ3v) is 10.0. The maximum absolute atomic E-state index is 5.95. The van der Waals surface area contributed by atoms with Crippen molar-refractivity contribution in [2.24, 2.45) is 4.99 Å². The molecule has 12 heteroatoms. The van der Waals surface area contributed by atoms with Crippen molar-refractivity contribution in [3.63, 3.8) is 0 Å². The highest BCUT2D eigenvalue weighted by Gasteiger charge is 2.65. The largest absolute Gasteiger partial charge is 0.379 e. The minimum Gasteiger partial charge on any atom is -0.379 e. The van der Waals surface area contributed by atoms with Crippen molar-refractivity contribution < 1.29 is 4.74 Å². The van der Waals surface area contributed by atoms with E-state index in [1.807, 2.05) is 0 Å². The zero-order chi connectivity index (χ0) is 27.9. The summed E-state index contributed by atoms with van der Waals surface area (Å²) in [4.78, 5) is 15.6. The Balaban J connectivity index is 1.40. The van der Waals surface area contributed by atoms with E-state index in [1.54, 1.807) is 0 Å². The first kappa shape index (κ1) is 27.1. The summed E-state index contributed by atoms with van der Waals surface area (Å²) in [6.07, 6.45) is 7.00. The lowest BCUT2D eigenvalue weighted by atomic mass is 10.0. The second-order valence-corrected chi connectivity index (χ2v) is 12.4. The number of benzene rings is 1. The molecule has 4 fully saturated rings. The standard InChI is InChI=1S/C30H47N11O/c1-4-13-35(14-5-1)30(36-17-10-33-25-36)28(34-16-9-32-24-34)29(39-15-8-26-6-2-3-7-27(26)39)40(37-20-22-42-23-21-37)41(30)38-18-11-31-12-19-38/h2-3,6-7,25,31-32H,1,4-5,8-24H2. The lowest BCUT2D eigenvalue weighted by Crippen LogP contribution is -2.78. The summed E-state index contributed by atoms with van der Waals surface area (Å²) >= 11 is 0. The van der Waals surface area contributed by atoms with Crippen molar-refractivity contribution in [2.45, 2.75) is 31.5 Å². The molecular weight excluding hydrogens is 530 g/mol. The number of rotatable bonds is 6. The molecule has 42 heavy (non-hydrogen) atoms. The summed E-state index contributed by atoms with van der Waals surface area (Å²) in [5.74, 6) is 0.810. The van der Waals surface area contributed by atoms with Crippen molar-refractivity contribution >= 4 is 12.0 Å². The fraction of sp³-hybridized carbons (Fsp3) is 0.700. The fourth-order valence-corrected chi connectivity index (χ4v) is 8.09. The van der Waals surface area contributed by atoms with Gasteiger partial charge in [0, 0.05) is 84.2 Å². The summed E-state index contributed by atoms with van der Waals surface area (Å²) < 4.78 is 5.95. The molecule has 0 radical (unpaired) electrons. The molecule has 4 saturated heterocycles. The van der Waals surface area contributed by atoms with Crippen LogP contribution in [0.1, 0.15) is 24.8 Å². The molecule has 1 unspecified atom stereocenters. The van der Waals surface area contributed by atoms with Gasteiger partial charge >= 0.3 is 0 Å². The van der Waals surface area contributed by atoms with Gasteiger partial charge < -0.3 is 24.8 Å². The summed E-state index contributed by atoms with van der Waals surface area (Å²) in [5.41, 5.74) is 4.20. The third-order valence-electron chi connectivity index (χ3n) is 10.0. The van der Waals surface area contributed by atoms with Crippen molar-refractivity contribution in [1.29, 1.82) is 0 Å². The highest BCUT2D eigenvalue weighted by atomic mass is 16.5. The van der Waals surface area contributed by atoms with Crippen molar-refractivity contribution in [1.82, 2.24) is 45.6 Å². The van der Waals surface area contributed by atoms with Gasteiger partial charge in [0.05, 0.1) is 32.8 Å². The first-order valence-corrected chi connectivity index (χ1v) is 16.3. The minimum absolute atomic E-state index is 0.505. The molecule has 8 rings (SSSR count). The molecule has 1 aromatic carbocycles. The van der Waals surface area contributed by atoms with Crippen molar-refractivity contribution in [3.05, 3.63) is 41.3 Å². The molecular formula is C30H47N11O. The number of fused-ring (bicyclic) bond motifs is 1. The third kappa shape index (κ3) is 4.34. The lowest BCUT2D eigenvalue weighted by molar-refractivity contribution is -0.343. The molecule has 0 aliphatic carbocycles. The van der Waals surface area contributed by atoms with Gasteiger partial charge in [-0.15, -0.1) is 0 Å². The number of nitrogens with one attached hydrogen (secondary N) is 2. The Morgan fingerprint density at radius 1 is 0.786 bits per heavy atom. The van der Waals surface area contributed by atoms with E-state index in [9.17, 15) is 0 Å². The van der Waals surface area contributed by atoms with Crippen LogP contribution in [-0.4, -0.2) is 152 Å². The van der Waals surface area contributed by atoms with Gasteiger partial charge in [0.1, 0.15) is 5.70 Å². The van der Waals surface area contributed by atoms with Gasteiger partial charge in [-0.05, 0) is 30.9 Å². The van der Waals surface area contributed by atoms with Gasteiger partial charge in [-0.2, -0.15) is 10.1 Å². The first-order valence-electron chi connectivity index (χ1n) is 16.3. The quantitative estimate of drug-likeness (QED) is 0.486. The number of morpholine rings is 1. The number of ether oxygens (including phenoxy) is 1. The Labute approximate surface area is 250 Å². The molecule has 7 aliphatic heterocycles. The maximum Gasteiger partial charge on any atom is 0.230 e.